The molecule has 0 aliphatic carbocycles. The molecule has 1 aliphatic heterocycles. The van der Waals surface area contributed by atoms with Crippen LogP contribution < -0.4 is 10.2 Å². The van der Waals surface area contributed by atoms with Gasteiger partial charge in [0, 0.05) is 20.1 Å². The second-order valence-corrected chi connectivity index (χ2v) is 3.87. The summed E-state index contributed by atoms with van der Waals surface area (Å²) in [6, 6.07) is 0. The van der Waals surface area contributed by atoms with Gasteiger partial charge >= 0.3 is 0 Å². The van der Waals surface area contributed by atoms with Gasteiger partial charge in [-0.3, -0.25) is 0 Å². The highest BCUT2D eigenvalue weighted by molar-refractivity contribution is 7.19. The molecule has 5 heteroatoms. The maximum Gasteiger partial charge on any atom is 0.187 e. The average Bonchev–Trinajstić information content (AvgIpc) is 2.81. The molecule has 0 amide bonds. The Balaban J connectivity index is 0.000000531. The highest BCUT2D eigenvalue weighted by atomic mass is 32.1. The molecular formula is C10H19N3OS. The van der Waals surface area contributed by atoms with Crippen molar-refractivity contribution in [1.29, 1.82) is 0 Å². The molecule has 1 N–H and O–H groups in total. The molecule has 0 bridgehead atoms. The Morgan fingerprint density at radius 3 is 2.60 bits per heavy atom. The fourth-order valence-electron chi connectivity index (χ4n) is 1.28. The SMILES string of the molecule is CC.CNc1cnc(N2CCOCC2)s1. The number of hydrogen-bond acceptors (Lipinski definition) is 5. The van der Waals surface area contributed by atoms with Crippen molar-refractivity contribution in [2.24, 2.45) is 0 Å². The summed E-state index contributed by atoms with van der Waals surface area (Å²) in [5, 5.41) is 5.29. The number of thiazole rings is 1. The quantitative estimate of drug-likeness (QED) is 0.842. The summed E-state index contributed by atoms with van der Waals surface area (Å²) in [5.74, 6) is 0. The lowest BCUT2D eigenvalue weighted by Gasteiger charge is -2.25. The fraction of sp³-hybridized carbons (Fsp3) is 0.700. The van der Waals surface area contributed by atoms with Crippen molar-refractivity contribution < 1.29 is 4.74 Å². The molecule has 0 radical (unpaired) electrons. The Labute approximate surface area is 95.3 Å². The van der Waals surface area contributed by atoms with Crippen molar-refractivity contribution in [3.8, 4) is 0 Å². The van der Waals surface area contributed by atoms with Gasteiger partial charge in [0.05, 0.1) is 19.4 Å². The first-order valence-electron chi connectivity index (χ1n) is 5.36. The molecule has 1 aliphatic rings. The Morgan fingerprint density at radius 1 is 1.40 bits per heavy atom. The van der Waals surface area contributed by atoms with Gasteiger partial charge in [0.15, 0.2) is 5.13 Å². The van der Waals surface area contributed by atoms with Crippen molar-refractivity contribution in [1.82, 2.24) is 4.98 Å². The van der Waals surface area contributed by atoms with Crippen LogP contribution in [0.15, 0.2) is 6.20 Å². The molecule has 0 spiro atoms. The van der Waals surface area contributed by atoms with E-state index in [4.69, 9.17) is 4.74 Å². The van der Waals surface area contributed by atoms with Gasteiger partial charge < -0.3 is 15.0 Å². The summed E-state index contributed by atoms with van der Waals surface area (Å²) in [6.45, 7) is 7.54. The van der Waals surface area contributed by atoms with E-state index in [9.17, 15) is 0 Å². The van der Waals surface area contributed by atoms with Gasteiger partial charge in [-0.05, 0) is 0 Å². The minimum Gasteiger partial charge on any atom is -0.379 e. The topological polar surface area (TPSA) is 37.4 Å². The number of ether oxygens (including phenoxy) is 1. The van der Waals surface area contributed by atoms with Crippen molar-refractivity contribution in [3.63, 3.8) is 0 Å². The molecule has 1 fully saturated rings. The van der Waals surface area contributed by atoms with E-state index >= 15 is 0 Å². The van der Waals surface area contributed by atoms with Crippen LogP contribution in [0, 0.1) is 0 Å². The van der Waals surface area contributed by atoms with Gasteiger partial charge in [-0.15, -0.1) is 0 Å². The molecule has 0 saturated carbocycles. The monoisotopic (exact) mass is 229 g/mol. The minimum atomic E-state index is 0.814. The van der Waals surface area contributed by atoms with Crippen LogP contribution in [0.3, 0.4) is 0 Å². The molecule has 1 saturated heterocycles. The zero-order valence-electron chi connectivity index (χ0n) is 9.62. The smallest absolute Gasteiger partial charge is 0.187 e. The van der Waals surface area contributed by atoms with Crippen LogP contribution in [0.25, 0.3) is 0 Å². The van der Waals surface area contributed by atoms with Crippen LogP contribution in [0.4, 0.5) is 10.1 Å². The molecule has 0 atom stereocenters. The van der Waals surface area contributed by atoms with Gasteiger partial charge in [-0.1, -0.05) is 25.2 Å². The molecule has 2 heterocycles. The normalized spacial score (nSPS) is 15.5. The van der Waals surface area contributed by atoms with Gasteiger partial charge in [0.2, 0.25) is 0 Å². The van der Waals surface area contributed by atoms with Crippen LogP contribution in [-0.2, 0) is 4.74 Å². The van der Waals surface area contributed by atoms with Crippen molar-refractivity contribution in [2.75, 3.05) is 43.6 Å². The third kappa shape index (κ3) is 3.35. The number of rotatable bonds is 2. The summed E-state index contributed by atoms with van der Waals surface area (Å²) in [6.07, 6.45) is 1.87. The molecule has 0 aromatic carbocycles. The minimum absolute atomic E-state index is 0.814. The standard InChI is InChI=1S/C8H13N3OS.C2H6/c1-9-7-6-10-8(13-7)11-2-4-12-5-3-11;1-2/h6,9H,2-5H2,1H3;1-2H3. The predicted octanol–water partition coefficient (Wildman–Crippen LogP) is 2.05. The van der Waals surface area contributed by atoms with Crippen molar-refractivity contribution in [3.05, 3.63) is 6.20 Å². The van der Waals surface area contributed by atoms with E-state index in [1.807, 2.05) is 27.1 Å². The van der Waals surface area contributed by atoms with E-state index in [0.29, 0.717) is 0 Å². The summed E-state index contributed by atoms with van der Waals surface area (Å²) in [5.41, 5.74) is 0. The highest BCUT2D eigenvalue weighted by Crippen LogP contribution is 2.26. The number of aromatic nitrogens is 1. The van der Waals surface area contributed by atoms with Crippen molar-refractivity contribution in [2.45, 2.75) is 13.8 Å². The maximum atomic E-state index is 5.27. The molecule has 1 aromatic heterocycles. The van der Waals surface area contributed by atoms with Crippen LogP contribution in [-0.4, -0.2) is 38.3 Å². The average molecular weight is 229 g/mol. The number of nitrogens with one attached hydrogen (secondary N) is 1. The van der Waals surface area contributed by atoms with Crippen molar-refractivity contribution >= 4 is 21.5 Å². The molecule has 86 valence electrons. The fourth-order valence-corrected chi connectivity index (χ4v) is 2.10. The first-order valence-corrected chi connectivity index (χ1v) is 6.18. The zero-order valence-corrected chi connectivity index (χ0v) is 10.4. The lowest BCUT2D eigenvalue weighted by Crippen LogP contribution is -2.36. The first-order chi connectivity index (χ1) is 7.40. The Bertz CT molecular complexity index is 271. The Morgan fingerprint density at radius 2 is 2.07 bits per heavy atom. The van der Waals surface area contributed by atoms with E-state index < -0.39 is 0 Å². The summed E-state index contributed by atoms with van der Waals surface area (Å²) in [4.78, 5) is 6.60. The lowest BCUT2D eigenvalue weighted by molar-refractivity contribution is 0.122. The van der Waals surface area contributed by atoms with Gasteiger partial charge in [-0.2, -0.15) is 0 Å². The lowest BCUT2D eigenvalue weighted by atomic mass is 10.5. The number of anilines is 2. The largest absolute Gasteiger partial charge is 0.379 e. The van der Waals surface area contributed by atoms with Crippen LogP contribution in [0.1, 0.15) is 13.8 Å². The highest BCUT2D eigenvalue weighted by Gasteiger charge is 2.13. The molecular weight excluding hydrogens is 210 g/mol. The Hall–Kier alpha value is -0.810. The van der Waals surface area contributed by atoms with Crippen LogP contribution in [0.2, 0.25) is 0 Å². The molecule has 2 rings (SSSR count). The third-order valence-electron chi connectivity index (χ3n) is 2.02. The first kappa shape index (κ1) is 12.3. The molecule has 15 heavy (non-hydrogen) atoms. The van der Waals surface area contributed by atoms with E-state index in [2.05, 4.69) is 15.2 Å². The van der Waals surface area contributed by atoms with E-state index in [1.165, 1.54) is 0 Å². The molecule has 4 nitrogen and oxygen atoms in total. The second kappa shape index (κ2) is 6.63. The molecule has 0 unspecified atom stereocenters. The zero-order chi connectivity index (χ0) is 11.1. The maximum absolute atomic E-state index is 5.27. The van der Waals surface area contributed by atoms with Crippen LogP contribution >= 0.6 is 11.3 Å². The van der Waals surface area contributed by atoms with Crippen LogP contribution in [0.5, 0.6) is 0 Å². The van der Waals surface area contributed by atoms with E-state index in [0.717, 1.165) is 36.4 Å². The predicted molar refractivity (Wildman–Crippen MR) is 66.0 cm³/mol. The van der Waals surface area contributed by atoms with E-state index in [1.54, 1.807) is 11.3 Å². The summed E-state index contributed by atoms with van der Waals surface area (Å²) >= 11 is 1.69. The summed E-state index contributed by atoms with van der Waals surface area (Å²) < 4.78 is 5.27. The van der Waals surface area contributed by atoms with Gasteiger partial charge in [-0.25, -0.2) is 4.98 Å². The van der Waals surface area contributed by atoms with Gasteiger partial charge in [0.25, 0.3) is 0 Å². The number of hydrogen-bond donors (Lipinski definition) is 1. The van der Waals surface area contributed by atoms with Gasteiger partial charge in [0.1, 0.15) is 5.00 Å². The van der Waals surface area contributed by atoms with E-state index in [-0.39, 0.29) is 0 Å². The number of nitrogens with zero attached hydrogens (tertiary/aromatic N) is 2. The molecule has 1 aromatic rings. The number of morpholine rings is 1. The summed E-state index contributed by atoms with van der Waals surface area (Å²) in [7, 11) is 1.91. The third-order valence-corrected chi connectivity index (χ3v) is 3.10. The second-order valence-electron chi connectivity index (χ2n) is 2.86. The Kier molecular flexibility index (Phi) is 5.42.